The molecule has 4 aromatic rings. The fourth-order valence-corrected chi connectivity index (χ4v) is 3.93. The molecule has 1 saturated carbocycles. The van der Waals surface area contributed by atoms with Crippen molar-refractivity contribution in [1.82, 2.24) is 24.9 Å². The average Bonchev–Trinajstić information content (AvgIpc) is 3.48. The molecule has 0 aliphatic heterocycles. The molecule has 1 aromatic carbocycles. The van der Waals surface area contributed by atoms with E-state index >= 15 is 0 Å². The summed E-state index contributed by atoms with van der Waals surface area (Å²) in [7, 11) is 0. The van der Waals surface area contributed by atoms with Crippen molar-refractivity contribution < 1.29 is 13.6 Å². The van der Waals surface area contributed by atoms with Gasteiger partial charge in [0.2, 0.25) is 0 Å². The lowest BCUT2D eigenvalue weighted by atomic mass is 9.88. The molecule has 1 aliphatic carbocycles. The number of anilines is 1. The molecule has 1 amide bonds. The van der Waals surface area contributed by atoms with Crippen LogP contribution in [0.5, 0.6) is 0 Å². The van der Waals surface area contributed by atoms with Crippen molar-refractivity contribution in [1.29, 1.82) is 0 Å². The molecule has 10 nitrogen and oxygen atoms in total. The molecule has 0 atom stereocenters. The van der Waals surface area contributed by atoms with Crippen molar-refractivity contribution in [2.75, 3.05) is 5.32 Å². The Morgan fingerprint density at radius 2 is 2.06 bits per heavy atom. The van der Waals surface area contributed by atoms with Gasteiger partial charge in [0.05, 0.1) is 29.5 Å². The van der Waals surface area contributed by atoms with E-state index in [1.165, 1.54) is 6.20 Å². The minimum atomic E-state index is -2.72. The van der Waals surface area contributed by atoms with Gasteiger partial charge in [0.1, 0.15) is 0 Å². The predicted octanol–water partition coefficient (Wildman–Crippen LogP) is 2.88. The smallest absolute Gasteiger partial charge is 0.259 e. The summed E-state index contributed by atoms with van der Waals surface area (Å²) in [6.45, 7) is 1.84. The van der Waals surface area contributed by atoms with Crippen molar-refractivity contribution in [3.8, 4) is 11.1 Å². The third kappa shape index (κ3) is 4.43. The molecular weight excluding hydrogens is 456 g/mol. The number of amides is 1. The monoisotopic (exact) mass is 479 g/mol. The van der Waals surface area contributed by atoms with Gasteiger partial charge in [0, 0.05) is 42.0 Å². The van der Waals surface area contributed by atoms with Crippen LogP contribution in [0.3, 0.4) is 0 Å². The van der Waals surface area contributed by atoms with E-state index in [1.807, 2.05) is 19.1 Å². The topological polar surface area (TPSA) is 143 Å². The Morgan fingerprint density at radius 3 is 2.77 bits per heavy atom. The van der Waals surface area contributed by atoms with Gasteiger partial charge in [-0.25, -0.2) is 24.3 Å². The minimum Gasteiger partial charge on any atom is -0.382 e. The number of hydrogen-bond acceptors (Lipinski definition) is 6. The second-order valence-electron chi connectivity index (χ2n) is 8.56. The maximum absolute atomic E-state index is 13.2. The summed E-state index contributed by atoms with van der Waals surface area (Å²) in [5, 5.41) is 18.9. The largest absolute Gasteiger partial charge is 0.382 e. The number of hydrogen-bond donors (Lipinski definition) is 4. The molecule has 5 rings (SSSR count). The molecule has 35 heavy (non-hydrogen) atoms. The number of hydrazine groups is 1. The number of alkyl halides is 2. The lowest BCUT2D eigenvalue weighted by Gasteiger charge is -2.38. The standard InChI is InChI=1S/C23H23F2N9O/c1-13-2-3-15(21(26)32-34(27)17-8-23(24,25)9-17)6-19(13)31-22(35)18-12-30-33-5-4-14(7-20(18)33)16-10-28-29-11-16/h2-7,10-12,17H,8-9,27H2,1H3,(H2,26,32)(H,28,29)(H,31,35). The van der Waals surface area contributed by atoms with Crippen molar-refractivity contribution in [3.05, 3.63) is 71.8 Å². The molecule has 0 bridgehead atoms. The van der Waals surface area contributed by atoms with E-state index in [1.54, 1.807) is 41.3 Å². The van der Waals surface area contributed by atoms with Gasteiger partial charge in [-0.3, -0.25) is 9.89 Å². The van der Waals surface area contributed by atoms with Crippen LogP contribution in [0.2, 0.25) is 0 Å². The number of aromatic nitrogens is 4. The fraction of sp³-hybridized carbons (Fsp3) is 0.217. The molecule has 6 N–H and O–H groups in total. The van der Waals surface area contributed by atoms with Gasteiger partial charge >= 0.3 is 0 Å². The highest BCUT2D eigenvalue weighted by molar-refractivity contribution is 6.10. The van der Waals surface area contributed by atoms with Crippen LogP contribution in [-0.2, 0) is 0 Å². The van der Waals surface area contributed by atoms with Crippen LogP contribution in [-0.4, -0.2) is 48.6 Å². The van der Waals surface area contributed by atoms with Gasteiger partial charge in [-0.15, -0.1) is 5.10 Å². The number of nitrogens with zero attached hydrogens (tertiary/aromatic N) is 5. The fourth-order valence-electron chi connectivity index (χ4n) is 3.93. The minimum absolute atomic E-state index is 0.0546. The Bertz CT molecular complexity index is 1420. The number of carbonyl (C=O) groups is 1. The van der Waals surface area contributed by atoms with Gasteiger partial charge in [-0.05, 0) is 36.2 Å². The van der Waals surface area contributed by atoms with Gasteiger partial charge in [0.25, 0.3) is 11.8 Å². The number of fused-ring (bicyclic) bond motifs is 1. The van der Waals surface area contributed by atoms with E-state index in [2.05, 4.69) is 25.7 Å². The Kier molecular flexibility index (Phi) is 5.44. The summed E-state index contributed by atoms with van der Waals surface area (Å²) >= 11 is 0. The third-order valence-electron chi connectivity index (χ3n) is 6.05. The first-order valence-corrected chi connectivity index (χ1v) is 10.8. The SMILES string of the molecule is Cc1ccc(/C(N)=N/N(N)C2CC(F)(F)C2)cc1NC(=O)c1cnn2ccc(-c3cn[nH]c3)cc12. The highest BCUT2D eigenvalue weighted by atomic mass is 19.3. The quantitative estimate of drug-likeness (QED) is 0.145. The molecule has 0 radical (unpaired) electrons. The van der Waals surface area contributed by atoms with Crippen LogP contribution in [0.25, 0.3) is 16.6 Å². The number of rotatable bonds is 6. The van der Waals surface area contributed by atoms with Gasteiger partial charge in [-0.2, -0.15) is 10.2 Å². The molecular formula is C23H23F2N9O. The summed E-state index contributed by atoms with van der Waals surface area (Å²) < 4.78 is 27.9. The molecule has 0 unspecified atom stereocenters. The van der Waals surface area contributed by atoms with E-state index in [4.69, 9.17) is 11.6 Å². The zero-order chi connectivity index (χ0) is 24.7. The number of nitrogens with one attached hydrogen (secondary N) is 2. The maximum Gasteiger partial charge on any atom is 0.259 e. The van der Waals surface area contributed by atoms with Crippen LogP contribution in [0, 0.1) is 6.92 Å². The summed E-state index contributed by atoms with van der Waals surface area (Å²) in [5.41, 5.74) is 10.7. The van der Waals surface area contributed by atoms with E-state index in [0.29, 0.717) is 22.3 Å². The van der Waals surface area contributed by atoms with Crippen LogP contribution >= 0.6 is 0 Å². The number of pyridine rings is 1. The van der Waals surface area contributed by atoms with Gasteiger partial charge < -0.3 is 11.1 Å². The number of aromatic amines is 1. The van der Waals surface area contributed by atoms with Crippen molar-refractivity contribution in [2.45, 2.75) is 31.7 Å². The van der Waals surface area contributed by atoms with E-state index in [0.717, 1.165) is 21.8 Å². The number of aryl methyl sites for hydroxylation is 1. The average molecular weight is 479 g/mol. The summed E-state index contributed by atoms with van der Waals surface area (Å²) in [6, 6.07) is 8.33. The molecule has 3 heterocycles. The van der Waals surface area contributed by atoms with Crippen molar-refractivity contribution in [2.24, 2.45) is 16.7 Å². The lowest BCUT2D eigenvalue weighted by molar-refractivity contribution is -0.124. The highest BCUT2D eigenvalue weighted by Gasteiger charge is 2.47. The molecule has 0 spiro atoms. The van der Waals surface area contributed by atoms with E-state index < -0.39 is 12.0 Å². The Balaban J connectivity index is 1.37. The van der Waals surface area contributed by atoms with Crippen molar-refractivity contribution >= 4 is 22.9 Å². The first-order chi connectivity index (χ1) is 16.7. The number of H-pyrrole nitrogens is 1. The second-order valence-corrected chi connectivity index (χ2v) is 8.56. The number of halogens is 2. The Morgan fingerprint density at radius 1 is 1.26 bits per heavy atom. The Labute approximate surface area is 198 Å². The zero-order valence-corrected chi connectivity index (χ0v) is 18.7. The molecule has 3 aromatic heterocycles. The predicted molar refractivity (Wildman–Crippen MR) is 127 cm³/mol. The van der Waals surface area contributed by atoms with Crippen LogP contribution in [0.1, 0.15) is 34.3 Å². The number of benzene rings is 1. The third-order valence-corrected chi connectivity index (χ3v) is 6.05. The molecule has 180 valence electrons. The van der Waals surface area contributed by atoms with Crippen LogP contribution < -0.4 is 16.9 Å². The maximum atomic E-state index is 13.2. The van der Waals surface area contributed by atoms with Crippen LogP contribution in [0.4, 0.5) is 14.5 Å². The Hall–Kier alpha value is -4.32. The van der Waals surface area contributed by atoms with Gasteiger partial charge in [0.15, 0.2) is 5.84 Å². The molecule has 0 saturated heterocycles. The number of amidine groups is 1. The highest BCUT2D eigenvalue weighted by Crippen LogP contribution is 2.39. The van der Waals surface area contributed by atoms with E-state index in [9.17, 15) is 13.6 Å². The first kappa shape index (κ1) is 22.5. The first-order valence-electron chi connectivity index (χ1n) is 10.8. The zero-order valence-electron chi connectivity index (χ0n) is 18.7. The molecule has 1 aliphatic rings. The van der Waals surface area contributed by atoms with Crippen LogP contribution in [0.15, 0.2) is 60.2 Å². The molecule has 12 heteroatoms. The number of nitrogens with two attached hydrogens (primary N) is 2. The number of carbonyl (C=O) groups excluding carboxylic acids is 1. The number of hydrazone groups is 1. The van der Waals surface area contributed by atoms with E-state index in [-0.39, 0.29) is 24.6 Å². The molecule has 1 fully saturated rings. The summed E-state index contributed by atoms with van der Waals surface area (Å²) in [6.07, 6.45) is 6.01. The van der Waals surface area contributed by atoms with Crippen molar-refractivity contribution in [3.63, 3.8) is 0 Å². The summed E-state index contributed by atoms with van der Waals surface area (Å²) in [5.74, 6) is 2.79. The second kappa shape index (κ2) is 8.47. The lowest BCUT2D eigenvalue weighted by Crippen LogP contribution is -2.52. The van der Waals surface area contributed by atoms with Gasteiger partial charge in [-0.1, -0.05) is 12.1 Å². The normalized spacial score (nSPS) is 15.7. The summed E-state index contributed by atoms with van der Waals surface area (Å²) in [4.78, 5) is 13.2.